The number of halogens is 3. The first-order chi connectivity index (χ1) is 9.49. The van der Waals surface area contributed by atoms with Gasteiger partial charge < -0.3 is 10.5 Å². The van der Waals surface area contributed by atoms with Gasteiger partial charge in [0.1, 0.15) is 6.61 Å². The number of hydrogen-bond acceptors (Lipinski definition) is 3. The number of benzene rings is 2. The number of esters is 1. The highest BCUT2D eigenvalue weighted by molar-refractivity contribution is 6.42. The van der Waals surface area contributed by atoms with Crippen molar-refractivity contribution in [3.8, 4) is 0 Å². The van der Waals surface area contributed by atoms with Gasteiger partial charge in [-0.2, -0.15) is 0 Å². The van der Waals surface area contributed by atoms with Gasteiger partial charge in [-0.25, -0.2) is 4.79 Å². The van der Waals surface area contributed by atoms with E-state index in [1.165, 1.54) is 0 Å². The highest BCUT2D eigenvalue weighted by Crippen LogP contribution is 2.25. The van der Waals surface area contributed by atoms with Crippen molar-refractivity contribution in [2.24, 2.45) is 0 Å². The standard InChI is InChI=1S/C14H10Cl3NO2/c15-10-5-4-8(6-12(10)17)7-20-14(19)9-2-1-3-11(16)13(9)18/h1-6H,7,18H2. The SMILES string of the molecule is Nc1c(Cl)cccc1C(=O)OCc1ccc(Cl)c(Cl)c1. The fraction of sp³-hybridized carbons (Fsp3) is 0.0714. The average Bonchev–Trinajstić information content (AvgIpc) is 2.43. The molecular weight excluding hydrogens is 321 g/mol. The van der Waals surface area contributed by atoms with Crippen LogP contribution in [0, 0.1) is 0 Å². The van der Waals surface area contributed by atoms with E-state index in [1.54, 1.807) is 36.4 Å². The number of ether oxygens (including phenoxy) is 1. The van der Waals surface area contributed by atoms with E-state index >= 15 is 0 Å². The second-order valence-corrected chi connectivity index (χ2v) is 5.25. The molecule has 0 aliphatic carbocycles. The fourth-order valence-electron chi connectivity index (χ4n) is 1.57. The quantitative estimate of drug-likeness (QED) is 0.661. The van der Waals surface area contributed by atoms with Gasteiger partial charge in [-0.05, 0) is 29.8 Å². The van der Waals surface area contributed by atoms with Crippen LogP contribution in [0.2, 0.25) is 15.1 Å². The first-order valence-electron chi connectivity index (χ1n) is 5.64. The second-order valence-electron chi connectivity index (χ2n) is 4.03. The molecule has 6 heteroatoms. The summed E-state index contributed by atoms with van der Waals surface area (Å²) in [5, 5.41) is 1.16. The summed E-state index contributed by atoms with van der Waals surface area (Å²) in [6, 6.07) is 9.79. The Kier molecular flexibility index (Phi) is 4.76. The number of carbonyl (C=O) groups excluding carboxylic acids is 1. The third-order valence-corrected chi connectivity index (χ3v) is 3.70. The summed E-state index contributed by atoms with van der Waals surface area (Å²) in [4.78, 5) is 11.9. The van der Waals surface area contributed by atoms with E-state index in [0.717, 1.165) is 5.56 Å². The Balaban J connectivity index is 2.08. The zero-order chi connectivity index (χ0) is 14.7. The predicted octanol–water partition coefficient (Wildman–Crippen LogP) is 4.59. The van der Waals surface area contributed by atoms with Crippen molar-refractivity contribution in [1.29, 1.82) is 0 Å². The maximum atomic E-state index is 11.9. The molecule has 0 aliphatic heterocycles. The fourth-order valence-corrected chi connectivity index (χ4v) is 2.07. The van der Waals surface area contributed by atoms with Gasteiger partial charge in [-0.3, -0.25) is 0 Å². The highest BCUT2D eigenvalue weighted by atomic mass is 35.5. The molecule has 0 atom stereocenters. The maximum absolute atomic E-state index is 11.9. The summed E-state index contributed by atoms with van der Waals surface area (Å²) in [7, 11) is 0. The van der Waals surface area contributed by atoms with Crippen LogP contribution in [0.15, 0.2) is 36.4 Å². The molecule has 0 saturated carbocycles. The largest absolute Gasteiger partial charge is 0.457 e. The van der Waals surface area contributed by atoms with Gasteiger partial charge in [0.2, 0.25) is 0 Å². The number of hydrogen-bond donors (Lipinski definition) is 1. The molecule has 0 saturated heterocycles. The first kappa shape index (κ1) is 15.0. The Morgan fingerprint density at radius 1 is 1.05 bits per heavy atom. The van der Waals surface area contributed by atoms with E-state index in [0.29, 0.717) is 15.1 Å². The molecule has 2 rings (SSSR count). The van der Waals surface area contributed by atoms with Crippen LogP contribution in [0.1, 0.15) is 15.9 Å². The molecule has 20 heavy (non-hydrogen) atoms. The van der Waals surface area contributed by atoms with E-state index in [2.05, 4.69) is 0 Å². The van der Waals surface area contributed by atoms with Crippen molar-refractivity contribution in [3.63, 3.8) is 0 Å². The lowest BCUT2D eigenvalue weighted by Gasteiger charge is -2.08. The van der Waals surface area contributed by atoms with Crippen LogP contribution in [-0.2, 0) is 11.3 Å². The number of para-hydroxylation sites is 1. The van der Waals surface area contributed by atoms with E-state index in [9.17, 15) is 4.79 Å². The molecule has 0 aliphatic rings. The van der Waals surface area contributed by atoms with Crippen LogP contribution in [-0.4, -0.2) is 5.97 Å². The third-order valence-electron chi connectivity index (χ3n) is 2.63. The maximum Gasteiger partial charge on any atom is 0.340 e. The average molecular weight is 331 g/mol. The van der Waals surface area contributed by atoms with Crippen LogP contribution in [0.25, 0.3) is 0 Å². The second kappa shape index (κ2) is 6.35. The van der Waals surface area contributed by atoms with Gasteiger partial charge in [0.25, 0.3) is 0 Å². The van der Waals surface area contributed by atoms with Crippen molar-refractivity contribution < 1.29 is 9.53 Å². The summed E-state index contributed by atoms with van der Waals surface area (Å²) < 4.78 is 5.17. The molecule has 2 aromatic rings. The Hall–Kier alpha value is -1.42. The minimum atomic E-state index is -0.545. The number of rotatable bonds is 3. The zero-order valence-electron chi connectivity index (χ0n) is 10.2. The highest BCUT2D eigenvalue weighted by Gasteiger charge is 2.13. The van der Waals surface area contributed by atoms with Crippen molar-refractivity contribution in [3.05, 3.63) is 62.6 Å². The van der Waals surface area contributed by atoms with Crippen molar-refractivity contribution in [2.45, 2.75) is 6.61 Å². The Morgan fingerprint density at radius 2 is 1.80 bits per heavy atom. The van der Waals surface area contributed by atoms with E-state index in [4.69, 9.17) is 45.3 Å². The first-order valence-corrected chi connectivity index (χ1v) is 6.77. The van der Waals surface area contributed by atoms with Gasteiger partial charge in [-0.1, -0.05) is 46.9 Å². The third kappa shape index (κ3) is 3.37. The number of nitrogen functional groups attached to an aromatic ring is 1. The number of carbonyl (C=O) groups is 1. The van der Waals surface area contributed by atoms with Crippen LogP contribution in [0.4, 0.5) is 5.69 Å². The monoisotopic (exact) mass is 329 g/mol. The molecule has 0 radical (unpaired) electrons. The lowest BCUT2D eigenvalue weighted by atomic mass is 10.2. The molecule has 0 spiro atoms. The van der Waals surface area contributed by atoms with Crippen LogP contribution in [0.3, 0.4) is 0 Å². The summed E-state index contributed by atoms with van der Waals surface area (Å²) in [6.45, 7) is 0.0711. The number of nitrogens with two attached hydrogens (primary N) is 1. The lowest BCUT2D eigenvalue weighted by molar-refractivity contribution is 0.0474. The Morgan fingerprint density at radius 3 is 2.50 bits per heavy atom. The Bertz CT molecular complexity index is 659. The van der Waals surface area contributed by atoms with Gasteiger partial charge in [-0.15, -0.1) is 0 Å². The van der Waals surface area contributed by atoms with Crippen LogP contribution >= 0.6 is 34.8 Å². The zero-order valence-corrected chi connectivity index (χ0v) is 12.5. The minimum absolute atomic E-state index is 0.0711. The summed E-state index contributed by atoms with van der Waals surface area (Å²) in [5.74, 6) is -0.545. The van der Waals surface area contributed by atoms with Gasteiger partial charge in [0, 0.05) is 0 Å². The smallest absolute Gasteiger partial charge is 0.340 e. The summed E-state index contributed by atoms with van der Waals surface area (Å²) >= 11 is 17.5. The molecule has 2 aromatic carbocycles. The molecule has 2 N–H and O–H groups in total. The Labute approximate surface area is 131 Å². The van der Waals surface area contributed by atoms with Crippen molar-refractivity contribution in [1.82, 2.24) is 0 Å². The van der Waals surface area contributed by atoms with Crippen LogP contribution in [0.5, 0.6) is 0 Å². The number of anilines is 1. The van der Waals surface area contributed by atoms with E-state index in [1.807, 2.05) is 0 Å². The molecule has 0 fully saturated rings. The van der Waals surface area contributed by atoms with Gasteiger partial charge in [0.05, 0.1) is 26.3 Å². The molecule has 104 valence electrons. The topological polar surface area (TPSA) is 52.3 Å². The predicted molar refractivity (Wildman–Crippen MR) is 81.4 cm³/mol. The normalized spacial score (nSPS) is 10.3. The van der Waals surface area contributed by atoms with Crippen molar-refractivity contribution >= 4 is 46.5 Å². The molecule has 0 bridgehead atoms. The van der Waals surface area contributed by atoms with E-state index < -0.39 is 5.97 Å². The van der Waals surface area contributed by atoms with Gasteiger partial charge in [0.15, 0.2) is 0 Å². The molecule has 0 amide bonds. The minimum Gasteiger partial charge on any atom is -0.457 e. The van der Waals surface area contributed by atoms with E-state index in [-0.39, 0.29) is 17.9 Å². The lowest BCUT2D eigenvalue weighted by Crippen LogP contribution is -2.08. The summed E-state index contributed by atoms with van der Waals surface area (Å²) in [5.41, 5.74) is 6.89. The molecule has 0 aromatic heterocycles. The molecular formula is C14H10Cl3NO2. The molecule has 0 heterocycles. The van der Waals surface area contributed by atoms with Gasteiger partial charge >= 0.3 is 5.97 Å². The van der Waals surface area contributed by atoms with Crippen molar-refractivity contribution in [2.75, 3.05) is 5.73 Å². The molecule has 3 nitrogen and oxygen atoms in total. The van der Waals surface area contributed by atoms with Crippen LogP contribution < -0.4 is 5.73 Å². The molecule has 0 unspecified atom stereocenters. The summed E-state index contributed by atoms with van der Waals surface area (Å²) in [6.07, 6.45) is 0.